The molecule has 0 saturated heterocycles. The fraction of sp³-hybridized carbons (Fsp3) is 0.737. The maximum atomic E-state index is 8.25. The van der Waals surface area contributed by atoms with Crippen LogP contribution >= 0.6 is 0 Å². The molecule has 2 saturated carbocycles. The van der Waals surface area contributed by atoms with E-state index in [9.17, 15) is 0 Å². The topological polar surface area (TPSA) is 66.2 Å². The van der Waals surface area contributed by atoms with Crippen molar-refractivity contribution in [2.45, 2.75) is 160 Å². The van der Waals surface area contributed by atoms with Gasteiger partial charge in [-0.25, -0.2) is 0 Å². The summed E-state index contributed by atoms with van der Waals surface area (Å²) in [5.74, 6) is 6.11. The Labute approximate surface area is 280 Å². The molecule has 0 bridgehead atoms. The second-order valence-electron chi connectivity index (χ2n) is 15.0. The summed E-state index contributed by atoms with van der Waals surface area (Å²) < 4.78 is 0. The van der Waals surface area contributed by atoms with Gasteiger partial charge in [0.2, 0.25) is 0 Å². The summed E-state index contributed by atoms with van der Waals surface area (Å²) >= 11 is 0. The first-order chi connectivity index (χ1) is 19.4. The van der Waals surface area contributed by atoms with Crippen LogP contribution in [-0.2, 0) is 17.1 Å². The van der Waals surface area contributed by atoms with E-state index in [1.54, 1.807) is 0 Å². The minimum atomic E-state index is -1.75. The van der Waals surface area contributed by atoms with Crippen molar-refractivity contribution >= 4 is 0 Å². The van der Waals surface area contributed by atoms with E-state index in [0.717, 1.165) is 0 Å². The van der Waals surface area contributed by atoms with Crippen molar-refractivity contribution in [3.05, 3.63) is 77.5 Å². The van der Waals surface area contributed by atoms with Crippen molar-refractivity contribution in [1.29, 1.82) is 0 Å². The zero-order valence-corrected chi connectivity index (χ0v) is 31.1. The predicted molar refractivity (Wildman–Crippen MR) is 182 cm³/mol. The Morgan fingerprint density at radius 2 is 0.651 bits per heavy atom. The van der Waals surface area contributed by atoms with Crippen molar-refractivity contribution < 1.29 is 22.2 Å². The molecule has 247 valence electrons. The largest absolute Gasteiger partial charge is 3.00 e. The quantitative estimate of drug-likeness (QED) is 0.0958. The van der Waals surface area contributed by atoms with Crippen molar-refractivity contribution in [3.8, 4) is 0 Å². The molecule has 0 aromatic carbocycles. The van der Waals surface area contributed by atoms with Gasteiger partial charge in [0.25, 0.3) is 0 Å². The van der Waals surface area contributed by atoms with Gasteiger partial charge in [-0.15, -0.1) is 0 Å². The minimum absolute atomic E-state index is 0. The fourth-order valence-corrected chi connectivity index (χ4v) is 5.62. The van der Waals surface area contributed by atoms with E-state index in [1.807, 2.05) is 0 Å². The molecule has 0 atom stereocenters. The zero-order chi connectivity index (χ0) is 32.6. The van der Waals surface area contributed by atoms with Gasteiger partial charge in [-0.1, -0.05) is 134 Å². The summed E-state index contributed by atoms with van der Waals surface area (Å²) in [6.07, 6.45) is 30.0. The average Bonchev–Trinajstić information content (AvgIpc) is 3.61. The molecule has 0 unspecified atom stereocenters. The van der Waals surface area contributed by atoms with Gasteiger partial charge in [-0.05, 0) is 110 Å². The smallest absolute Gasteiger partial charge is 0.356 e. The minimum Gasteiger partial charge on any atom is -0.356 e. The van der Waals surface area contributed by atoms with Gasteiger partial charge in [0, 0.05) is 0 Å². The number of hydrogen-bond donors (Lipinski definition) is 0. The van der Waals surface area contributed by atoms with E-state index in [4.69, 9.17) is 15.3 Å². The monoisotopic (exact) mass is 640 g/mol. The van der Waals surface area contributed by atoms with Gasteiger partial charge in [-0.3, -0.25) is 0 Å². The third-order valence-corrected chi connectivity index (χ3v) is 9.25. The second-order valence-corrected chi connectivity index (χ2v) is 15.0. The molecule has 0 heterocycles. The molecule has 2 aliphatic rings. The van der Waals surface area contributed by atoms with Crippen molar-refractivity contribution in [2.24, 2.45) is 21.7 Å². The number of hydrogen-bond acceptors (Lipinski definition) is 3. The molecule has 0 aromatic rings. The maximum Gasteiger partial charge on any atom is 3.00 e. The van der Waals surface area contributed by atoms with Crippen LogP contribution in [0, 0.1) is 99.2 Å². The molecule has 43 heavy (non-hydrogen) atoms. The summed E-state index contributed by atoms with van der Waals surface area (Å²) in [4.78, 5) is 8.25. The fourth-order valence-electron chi connectivity index (χ4n) is 5.62. The van der Waals surface area contributed by atoms with Gasteiger partial charge in [-0.2, -0.15) is 0 Å². The Hall–Kier alpha value is -0.281. The molecule has 0 N–H and O–H groups in total. The van der Waals surface area contributed by atoms with Crippen LogP contribution in [0.2, 0.25) is 0 Å². The van der Waals surface area contributed by atoms with Crippen LogP contribution < -0.4 is 0 Å². The average molecular weight is 641 g/mol. The number of rotatable bonds is 16. The Morgan fingerprint density at radius 3 is 0.791 bits per heavy atom. The van der Waals surface area contributed by atoms with E-state index in [-0.39, 0.29) is 17.1 Å². The Balaban J connectivity index is 0. The molecular weight excluding hydrogens is 574 g/mol. The first-order valence-corrected chi connectivity index (χ1v) is 16.8. The van der Waals surface area contributed by atoms with E-state index in [0.29, 0.717) is 21.7 Å². The van der Waals surface area contributed by atoms with Crippen LogP contribution in [0.4, 0.5) is 0 Å². The van der Waals surface area contributed by atoms with Crippen LogP contribution in [0.5, 0.6) is 0 Å². The summed E-state index contributed by atoms with van der Waals surface area (Å²) in [6, 6.07) is 0. The molecule has 2 aliphatic carbocycles. The van der Waals surface area contributed by atoms with Crippen molar-refractivity contribution in [3.63, 3.8) is 0 Å². The maximum absolute atomic E-state index is 8.25. The van der Waals surface area contributed by atoms with Crippen LogP contribution in [0.1, 0.15) is 160 Å². The van der Waals surface area contributed by atoms with Gasteiger partial charge >= 0.3 is 17.1 Å². The Morgan fingerprint density at radius 1 is 0.488 bits per heavy atom. The molecule has 4 nitrogen and oxygen atoms in total. The van der Waals surface area contributed by atoms with Crippen LogP contribution in [-0.4, -0.2) is 5.09 Å². The van der Waals surface area contributed by atoms with Crippen LogP contribution in [0.25, 0.3) is 0 Å². The standard InChI is InChI=1S/2C19H33.Fe.NO3/c2*1-7-9-13-18(3,4)16-11-12-17(15-16)19(5,6)14-10-8-2;;2-1(3)4/h2*11-12,15H,7-10,13-14H2,1-6H3;;/q;;+3;-1. The molecule has 11 radical (unpaired) electrons. The van der Waals surface area contributed by atoms with Gasteiger partial charge < -0.3 is 15.3 Å². The van der Waals surface area contributed by atoms with Crippen LogP contribution in [0.15, 0.2) is 0 Å². The third kappa shape index (κ3) is 17.3. The Kier molecular flexibility index (Phi) is 22.4. The SMILES string of the molecule is CCCCC(C)(C)[C]1[CH][CH][C](C(C)(C)CCCC)[CH]1.CCCCC(C)(C)[C]1[CH][CH][C](C(C)(C)CCCC)[CH]1.O=[N+]([O-])[O-].[Fe+3]. The van der Waals surface area contributed by atoms with E-state index < -0.39 is 5.09 Å². The number of nitrogens with zero attached hydrogens (tertiary/aromatic N) is 1. The van der Waals surface area contributed by atoms with Crippen molar-refractivity contribution in [2.75, 3.05) is 0 Å². The molecule has 0 amide bonds. The molecule has 0 aliphatic heterocycles. The first kappa shape index (κ1) is 44.8. The van der Waals surface area contributed by atoms with Crippen LogP contribution in [0.3, 0.4) is 0 Å². The summed E-state index contributed by atoms with van der Waals surface area (Å²) in [6.45, 7) is 28.2. The van der Waals surface area contributed by atoms with E-state index >= 15 is 0 Å². The van der Waals surface area contributed by atoms with Gasteiger partial charge in [0.15, 0.2) is 0 Å². The normalized spacial score (nSPS) is 17.6. The summed E-state index contributed by atoms with van der Waals surface area (Å²) in [7, 11) is 0. The molecule has 5 heteroatoms. The Bertz CT molecular complexity index is 608. The van der Waals surface area contributed by atoms with Gasteiger partial charge in [0.05, 0.1) is 5.09 Å². The molecule has 0 spiro atoms. The third-order valence-electron chi connectivity index (χ3n) is 9.25. The molecule has 2 rings (SSSR count). The first-order valence-electron chi connectivity index (χ1n) is 16.8. The van der Waals surface area contributed by atoms with Crippen molar-refractivity contribution in [1.82, 2.24) is 0 Å². The zero-order valence-electron chi connectivity index (χ0n) is 30.0. The molecule has 2 fully saturated rings. The second kappa shape index (κ2) is 21.5. The predicted octanol–water partition coefficient (Wildman–Crippen LogP) is 12.1. The summed E-state index contributed by atoms with van der Waals surface area (Å²) in [5, 5.41) is 14.8. The van der Waals surface area contributed by atoms with E-state index in [2.05, 4.69) is 122 Å². The molecule has 0 aromatic heterocycles. The summed E-state index contributed by atoms with van der Waals surface area (Å²) in [5.41, 5.74) is 1.31. The van der Waals surface area contributed by atoms with E-state index in [1.165, 1.54) is 101 Å². The number of unbranched alkanes of at least 4 members (excludes halogenated alkanes) is 4. The molecular formula is C38H66FeNO3+2. The van der Waals surface area contributed by atoms with Gasteiger partial charge in [0.1, 0.15) is 0 Å².